The minimum Gasteiger partial charge on any atom is -0.311 e. The lowest BCUT2D eigenvalue weighted by atomic mass is 10.1. The molecule has 0 aromatic heterocycles. The quantitative estimate of drug-likeness (QED) is 0.733. The topological polar surface area (TPSA) is 61.2 Å². The van der Waals surface area contributed by atoms with Gasteiger partial charge in [0, 0.05) is 29.2 Å². The third-order valence-corrected chi connectivity index (χ3v) is 5.00. The van der Waals surface area contributed by atoms with Crippen molar-refractivity contribution in [1.82, 2.24) is 0 Å². The van der Waals surface area contributed by atoms with Gasteiger partial charge in [-0.15, -0.1) is 0 Å². The van der Waals surface area contributed by atoms with Crippen molar-refractivity contribution in [2.75, 3.05) is 17.2 Å². The first-order chi connectivity index (χ1) is 9.51. The van der Waals surface area contributed by atoms with E-state index in [1.807, 2.05) is 6.07 Å². The van der Waals surface area contributed by atoms with Crippen LogP contribution in [0.15, 0.2) is 18.2 Å². The van der Waals surface area contributed by atoms with E-state index in [2.05, 4.69) is 28.7 Å². The molecule has 1 saturated heterocycles. The van der Waals surface area contributed by atoms with E-state index in [0.717, 1.165) is 9.26 Å². The molecule has 4 nitrogen and oxygen atoms in total. The zero-order chi connectivity index (χ0) is 14.7. The van der Waals surface area contributed by atoms with Gasteiger partial charge in [-0.25, -0.2) is 0 Å². The summed E-state index contributed by atoms with van der Waals surface area (Å²) in [5.41, 5.74) is 1.44. The van der Waals surface area contributed by atoms with Crippen molar-refractivity contribution < 1.29 is 9.59 Å². The van der Waals surface area contributed by atoms with Gasteiger partial charge in [0.05, 0.1) is 17.3 Å². The van der Waals surface area contributed by atoms with Gasteiger partial charge in [-0.3, -0.25) is 9.59 Å². The molecule has 6 heteroatoms. The van der Waals surface area contributed by atoms with Gasteiger partial charge in [-0.05, 0) is 46.7 Å². The number of halogens is 1. The Balaban J connectivity index is 2.12. The van der Waals surface area contributed by atoms with Gasteiger partial charge in [0.15, 0.2) is 5.12 Å². The average molecular weight is 400 g/mol. The SMILES string of the molecule is CC(=O)SCC1CC(=O)N(c2ccc(C#N)cc2I)C1. The summed E-state index contributed by atoms with van der Waals surface area (Å²) in [6.45, 7) is 2.18. The zero-order valence-electron chi connectivity index (χ0n) is 10.9. The van der Waals surface area contributed by atoms with Crippen LogP contribution in [0.1, 0.15) is 18.9 Å². The number of carbonyl (C=O) groups is 2. The van der Waals surface area contributed by atoms with Crippen molar-refractivity contribution >= 4 is 51.1 Å². The summed E-state index contributed by atoms with van der Waals surface area (Å²) in [6.07, 6.45) is 0.483. The van der Waals surface area contributed by atoms with Crippen molar-refractivity contribution in [3.63, 3.8) is 0 Å². The standard InChI is InChI=1S/C14H13IN2O2S/c1-9(18)20-8-11-5-14(19)17(7-11)13-3-2-10(6-16)4-12(13)15/h2-4,11H,5,7-8H2,1H3. The van der Waals surface area contributed by atoms with Gasteiger partial charge in [0.25, 0.3) is 0 Å². The summed E-state index contributed by atoms with van der Waals surface area (Å²) in [4.78, 5) is 24.8. The number of rotatable bonds is 3. The highest BCUT2D eigenvalue weighted by molar-refractivity contribution is 14.1. The molecule has 1 atom stereocenters. The van der Waals surface area contributed by atoms with Gasteiger partial charge in [-0.2, -0.15) is 5.26 Å². The fourth-order valence-electron chi connectivity index (χ4n) is 2.16. The largest absolute Gasteiger partial charge is 0.311 e. The molecule has 0 spiro atoms. The maximum absolute atomic E-state index is 12.1. The van der Waals surface area contributed by atoms with Crippen LogP contribution in [0, 0.1) is 20.8 Å². The van der Waals surface area contributed by atoms with Crippen LogP contribution in [-0.2, 0) is 9.59 Å². The van der Waals surface area contributed by atoms with Gasteiger partial charge < -0.3 is 4.90 Å². The predicted octanol–water partition coefficient (Wildman–Crippen LogP) is 2.80. The second-order valence-corrected chi connectivity index (χ2v) is 7.01. The molecule has 1 aromatic rings. The van der Waals surface area contributed by atoms with Gasteiger partial charge >= 0.3 is 0 Å². The molecule has 1 heterocycles. The Labute approximate surface area is 135 Å². The highest BCUT2D eigenvalue weighted by Gasteiger charge is 2.31. The maximum Gasteiger partial charge on any atom is 0.227 e. The van der Waals surface area contributed by atoms with Crippen LogP contribution >= 0.6 is 34.4 Å². The van der Waals surface area contributed by atoms with E-state index in [0.29, 0.717) is 24.3 Å². The van der Waals surface area contributed by atoms with Crippen LogP contribution in [-0.4, -0.2) is 23.3 Å². The van der Waals surface area contributed by atoms with E-state index in [9.17, 15) is 9.59 Å². The lowest BCUT2D eigenvalue weighted by Crippen LogP contribution is -2.25. The average Bonchev–Trinajstić information content (AvgIpc) is 2.77. The van der Waals surface area contributed by atoms with Crippen LogP contribution in [0.5, 0.6) is 0 Å². The lowest BCUT2D eigenvalue weighted by molar-refractivity contribution is -0.117. The monoisotopic (exact) mass is 400 g/mol. The van der Waals surface area contributed by atoms with Gasteiger partial charge in [0.1, 0.15) is 0 Å². The van der Waals surface area contributed by atoms with Crippen LogP contribution in [0.3, 0.4) is 0 Å². The molecule has 1 aliphatic heterocycles. The summed E-state index contributed by atoms with van der Waals surface area (Å²) in [5, 5.41) is 8.95. The molecular weight excluding hydrogens is 387 g/mol. The van der Waals surface area contributed by atoms with Crippen molar-refractivity contribution in [3.05, 3.63) is 27.3 Å². The minimum atomic E-state index is 0.0850. The molecule has 0 bridgehead atoms. The number of hydrogen-bond donors (Lipinski definition) is 0. The predicted molar refractivity (Wildman–Crippen MR) is 87.5 cm³/mol. The van der Waals surface area contributed by atoms with Crippen molar-refractivity contribution in [2.45, 2.75) is 13.3 Å². The van der Waals surface area contributed by atoms with E-state index < -0.39 is 0 Å². The first-order valence-corrected chi connectivity index (χ1v) is 8.21. The number of benzene rings is 1. The fourth-order valence-corrected chi connectivity index (χ4v) is 3.66. The molecular formula is C14H13IN2O2S. The van der Waals surface area contributed by atoms with Crippen LogP contribution < -0.4 is 4.90 Å². The number of thioether (sulfide) groups is 1. The first kappa shape index (κ1) is 15.3. The Kier molecular flexibility index (Phi) is 5.05. The highest BCUT2D eigenvalue weighted by atomic mass is 127. The molecule has 0 N–H and O–H groups in total. The number of carbonyl (C=O) groups excluding carboxylic acids is 2. The molecule has 1 fully saturated rings. The summed E-state index contributed by atoms with van der Waals surface area (Å²) >= 11 is 3.42. The first-order valence-electron chi connectivity index (χ1n) is 6.14. The number of nitriles is 1. The van der Waals surface area contributed by atoms with Crippen LogP contribution in [0.4, 0.5) is 5.69 Å². The summed E-state index contributed by atoms with van der Waals surface area (Å²) in [5.74, 6) is 0.981. The molecule has 1 aliphatic rings. The summed E-state index contributed by atoms with van der Waals surface area (Å²) in [6, 6.07) is 7.41. The van der Waals surface area contributed by atoms with Crippen molar-refractivity contribution in [1.29, 1.82) is 5.26 Å². The third kappa shape index (κ3) is 3.52. The van der Waals surface area contributed by atoms with E-state index in [-0.39, 0.29) is 16.9 Å². The molecule has 104 valence electrons. The molecule has 0 aliphatic carbocycles. The second-order valence-electron chi connectivity index (χ2n) is 4.66. The number of hydrogen-bond acceptors (Lipinski definition) is 4. The van der Waals surface area contributed by atoms with E-state index >= 15 is 0 Å². The van der Waals surface area contributed by atoms with Gasteiger partial charge in [-0.1, -0.05) is 11.8 Å². The normalized spacial score (nSPS) is 18.1. The molecule has 1 amide bonds. The zero-order valence-corrected chi connectivity index (χ0v) is 13.9. The van der Waals surface area contributed by atoms with Crippen molar-refractivity contribution in [2.24, 2.45) is 5.92 Å². The van der Waals surface area contributed by atoms with E-state index in [1.165, 1.54) is 11.8 Å². The highest BCUT2D eigenvalue weighted by Crippen LogP contribution is 2.31. The van der Waals surface area contributed by atoms with E-state index in [4.69, 9.17) is 5.26 Å². The number of anilines is 1. The Morgan fingerprint density at radius 3 is 2.95 bits per heavy atom. The minimum absolute atomic E-state index is 0.0850. The Hall–Kier alpha value is -1.07. The van der Waals surface area contributed by atoms with Crippen molar-refractivity contribution in [3.8, 4) is 6.07 Å². The molecule has 20 heavy (non-hydrogen) atoms. The number of nitrogens with zero attached hydrogens (tertiary/aromatic N) is 2. The Bertz CT molecular complexity index is 597. The molecule has 0 radical (unpaired) electrons. The fraction of sp³-hybridized carbons (Fsp3) is 0.357. The van der Waals surface area contributed by atoms with Gasteiger partial charge in [0.2, 0.25) is 5.91 Å². The molecule has 0 saturated carbocycles. The lowest BCUT2D eigenvalue weighted by Gasteiger charge is -2.18. The molecule has 1 unspecified atom stereocenters. The molecule has 1 aromatic carbocycles. The smallest absolute Gasteiger partial charge is 0.227 e. The third-order valence-electron chi connectivity index (χ3n) is 3.09. The number of amides is 1. The summed E-state index contributed by atoms with van der Waals surface area (Å²) in [7, 11) is 0. The van der Waals surface area contributed by atoms with Crippen LogP contribution in [0.2, 0.25) is 0 Å². The summed E-state index contributed by atoms with van der Waals surface area (Å²) < 4.78 is 0.898. The Morgan fingerprint density at radius 1 is 1.60 bits per heavy atom. The Morgan fingerprint density at radius 2 is 2.35 bits per heavy atom. The van der Waals surface area contributed by atoms with E-state index in [1.54, 1.807) is 24.0 Å². The van der Waals surface area contributed by atoms with Crippen LogP contribution in [0.25, 0.3) is 0 Å². The second kappa shape index (κ2) is 6.59. The maximum atomic E-state index is 12.1. The molecule has 2 rings (SSSR count).